The Kier molecular flexibility index (Phi) is 5.59. The van der Waals surface area contributed by atoms with Gasteiger partial charge in [0.05, 0.1) is 6.61 Å². The monoisotopic (exact) mass is 227 g/mol. The smallest absolute Gasteiger partial charge is 0.387 e. The molecule has 0 bridgehead atoms. The van der Waals surface area contributed by atoms with E-state index in [-0.39, 0.29) is 6.54 Å². The highest BCUT2D eigenvalue weighted by atomic mass is 19.4. The van der Waals surface area contributed by atoms with Crippen molar-refractivity contribution in [2.75, 3.05) is 33.9 Å². The van der Waals surface area contributed by atoms with E-state index in [0.717, 1.165) is 0 Å². The van der Waals surface area contributed by atoms with Gasteiger partial charge in [0, 0.05) is 20.2 Å². The van der Waals surface area contributed by atoms with E-state index in [1.807, 2.05) is 0 Å². The summed E-state index contributed by atoms with van der Waals surface area (Å²) in [4.78, 5) is 1.43. The Morgan fingerprint density at radius 2 is 2.07 bits per heavy atom. The fraction of sp³-hybridized carbons (Fsp3) is 0.875. The number of hydrogen-bond acceptors (Lipinski definition) is 3. The lowest BCUT2D eigenvalue weighted by Crippen LogP contribution is -2.43. The third-order valence-electron chi connectivity index (χ3n) is 1.94. The van der Waals surface area contributed by atoms with Gasteiger partial charge in [-0.25, -0.2) is 0 Å². The molecule has 1 unspecified atom stereocenters. The van der Waals surface area contributed by atoms with Crippen LogP contribution in [0.25, 0.3) is 0 Å². The SMILES string of the molecule is COCCN(C)CC(C(=N)N)C(F)(F)F. The van der Waals surface area contributed by atoms with Crippen molar-refractivity contribution < 1.29 is 17.9 Å². The van der Waals surface area contributed by atoms with Crippen molar-refractivity contribution in [1.29, 1.82) is 5.41 Å². The van der Waals surface area contributed by atoms with Crippen molar-refractivity contribution in [1.82, 2.24) is 4.90 Å². The van der Waals surface area contributed by atoms with Gasteiger partial charge < -0.3 is 15.4 Å². The standard InChI is InChI=1S/C8H16F3N3O/c1-14(3-4-15-2)5-6(7(12)13)8(9,10)11/h6H,3-5H2,1-2H3,(H3,12,13). The van der Waals surface area contributed by atoms with E-state index < -0.39 is 17.9 Å². The number of halogens is 3. The number of alkyl halides is 3. The topological polar surface area (TPSA) is 62.3 Å². The molecule has 0 saturated carbocycles. The molecule has 0 aliphatic heterocycles. The van der Waals surface area contributed by atoms with Gasteiger partial charge in [-0.05, 0) is 7.05 Å². The Morgan fingerprint density at radius 1 is 1.53 bits per heavy atom. The van der Waals surface area contributed by atoms with Crippen LogP contribution in [0.5, 0.6) is 0 Å². The van der Waals surface area contributed by atoms with E-state index >= 15 is 0 Å². The van der Waals surface area contributed by atoms with Crippen molar-refractivity contribution in [3.05, 3.63) is 0 Å². The zero-order chi connectivity index (χ0) is 12.1. The van der Waals surface area contributed by atoms with Crippen molar-refractivity contribution in [3.8, 4) is 0 Å². The molecule has 0 amide bonds. The first-order valence-electron chi connectivity index (χ1n) is 4.37. The highest BCUT2D eigenvalue weighted by Crippen LogP contribution is 2.26. The number of rotatable bonds is 6. The number of hydrogen-bond donors (Lipinski definition) is 2. The first kappa shape index (κ1) is 14.2. The van der Waals surface area contributed by atoms with Gasteiger partial charge in [0.2, 0.25) is 0 Å². The summed E-state index contributed by atoms with van der Waals surface area (Å²) in [6, 6.07) is 0. The molecule has 7 heteroatoms. The molecular weight excluding hydrogens is 211 g/mol. The zero-order valence-corrected chi connectivity index (χ0v) is 8.77. The first-order chi connectivity index (χ1) is 6.79. The lowest BCUT2D eigenvalue weighted by atomic mass is 10.1. The summed E-state index contributed by atoms with van der Waals surface area (Å²) in [5.74, 6) is -2.76. The van der Waals surface area contributed by atoms with Crippen molar-refractivity contribution in [2.45, 2.75) is 6.18 Å². The van der Waals surface area contributed by atoms with E-state index in [1.165, 1.54) is 19.1 Å². The van der Waals surface area contributed by atoms with Crippen LogP contribution in [0.3, 0.4) is 0 Å². The van der Waals surface area contributed by atoms with Crippen molar-refractivity contribution in [3.63, 3.8) is 0 Å². The average molecular weight is 227 g/mol. The van der Waals surface area contributed by atoms with Gasteiger partial charge in [0.1, 0.15) is 11.8 Å². The van der Waals surface area contributed by atoms with Crippen molar-refractivity contribution >= 4 is 5.84 Å². The van der Waals surface area contributed by atoms with Gasteiger partial charge in [0.25, 0.3) is 0 Å². The summed E-state index contributed by atoms with van der Waals surface area (Å²) in [5.41, 5.74) is 4.91. The zero-order valence-electron chi connectivity index (χ0n) is 8.77. The first-order valence-corrected chi connectivity index (χ1v) is 4.37. The normalized spacial score (nSPS) is 14.3. The molecule has 0 saturated heterocycles. The third kappa shape index (κ3) is 5.58. The second-order valence-corrected chi connectivity index (χ2v) is 3.30. The summed E-state index contributed by atoms with van der Waals surface area (Å²) >= 11 is 0. The molecule has 0 aromatic rings. The number of amidine groups is 1. The molecule has 3 N–H and O–H groups in total. The number of ether oxygens (including phenoxy) is 1. The molecular formula is C8H16F3N3O. The molecule has 1 atom stereocenters. The minimum absolute atomic E-state index is 0.317. The molecule has 0 aromatic carbocycles. The van der Waals surface area contributed by atoms with Crippen LogP contribution in [-0.4, -0.2) is 50.8 Å². The Labute approximate surface area is 86.7 Å². The maximum absolute atomic E-state index is 12.4. The minimum Gasteiger partial charge on any atom is -0.387 e. The Bertz CT molecular complexity index is 208. The Hall–Kier alpha value is -0.820. The van der Waals surface area contributed by atoms with Crippen LogP contribution in [0.2, 0.25) is 0 Å². The van der Waals surface area contributed by atoms with Crippen molar-refractivity contribution in [2.24, 2.45) is 11.7 Å². The minimum atomic E-state index is -4.47. The molecule has 0 radical (unpaired) electrons. The highest BCUT2D eigenvalue weighted by molar-refractivity contribution is 5.80. The number of likely N-dealkylation sites (N-methyl/N-ethyl adjacent to an activating group) is 1. The largest absolute Gasteiger partial charge is 0.399 e. The van der Waals surface area contributed by atoms with Crippen LogP contribution >= 0.6 is 0 Å². The van der Waals surface area contributed by atoms with Gasteiger partial charge in [0.15, 0.2) is 0 Å². The Balaban J connectivity index is 4.24. The lowest BCUT2D eigenvalue weighted by Gasteiger charge is -2.24. The Morgan fingerprint density at radius 3 is 2.40 bits per heavy atom. The predicted octanol–water partition coefficient (Wildman–Crippen LogP) is 0.679. The molecule has 15 heavy (non-hydrogen) atoms. The number of methoxy groups -OCH3 is 1. The second kappa shape index (κ2) is 5.92. The van der Waals surface area contributed by atoms with Gasteiger partial charge in [-0.15, -0.1) is 0 Å². The van der Waals surface area contributed by atoms with E-state index in [9.17, 15) is 13.2 Å². The van der Waals surface area contributed by atoms with Gasteiger partial charge >= 0.3 is 6.18 Å². The summed E-state index contributed by atoms with van der Waals surface area (Å²) in [7, 11) is 3.00. The highest BCUT2D eigenvalue weighted by Gasteiger charge is 2.42. The quantitative estimate of drug-likeness (QED) is 0.518. The van der Waals surface area contributed by atoms with Crippen LogP contribution in [-0.2, 0) is 4.74 Å². The summed E-state index contributed by atoms with van der Waals surface area (Å²) in [5, 5.41) is 6.88. The maximum atomic E-state index is 12.4. The van der Waals surface area contributed by atoms with Crippen LogP contribution < -0.4 is 5.73 Å². The fourth-order valence-corrected chi connectivity index (χ4v) is 1.03. The number of nitrogens with two attached hydrogens (primary N) is 1. The third-order valence-corrected chi connectivity index (χ3v) is 1.94. The van der Waals surface area contributed by atoms with Crippen LogP contribution in [0.1, 0.15) is 0 Å². The van der Waals surface area contributed by atoms with Crippen LogP contribution in [0.4, 0.5) is 13.2 Å². The predicted molar refractivity (Wildman–Crippen MR) is 50.8 cm³/mol. The molecule has 0 heterocycles. The molecule has 0 aliphatic rings. The summed E-state index contributed by atoms with van der Waals surface area (Å²) in [6.45, 7) is 0.400. The van der Waals surface area contributed by atoms with Crippen LogP contribution in [0, 0.1) is 11.3 Å². The second-order valence-electron chi connectivity index (χ2n) is 3.30. The summed E-state index contributed by atoms with van der Waals surface area (Å²) < 4.78 is 41.9. The molecule has 0 fully saturated rings. The number of nitrogens with one attached hydrogen (secondary N) is 1. The summed E-state index contributed by atoms with van der Waals surface area (Å²) in [6.07, 6.45) is -4.47. The lowest BCUT2D eigenvalue weighted by molar-refractivity contribution is -0.159. The fourth-order valence-electron chi connectivity index (χ4n) is 1.03. The molecule has 0 rings (SSSR count). The van der Waals surface area contributed by atoms with E-state index in [4.69, 9.17) is 15.9 Å². The molecule has 90 valence electrons. The number of nitrogens with zero attached hydrogens (tertiary/aromatic N) is 1. The molecule has 4 nitrogen and oxygen atoms in total. The van der Waals surface area contributed by atoms with Gasteiger partial charge in [-0.2, -0.15) is 13.2 Å². The van der Waals surface area contributed by atoms with Gasteiger partial charge in [-0.3, -0.25) is 5.41 Å². The van der Waals surface area contributed by atoms with Crippen LogP contribution in [0.15, 0.2) is 0 Å². The molecule has 0 aromatic heterocycles. The van der Waals surface area contributed by atoms with E-state index in [1.54, 1.807) is 0 Å². The molecule has 0 spiro atoms. The maximum Gasteiger partial charge on any atom is 0.399 e. The average Bonchev–Trinajstić information content (AvgIpc) is 2.08. The molecule has 0 aliphatic carbocycles. The van der Waals surface area contributed by atoms with Gasteiger partial charge in [-0.1, -0.05) is 0 Å². The van der Waals surface area contributed by atoms with E-state index in [0.29, 0.717) is 13.2 Å². The van der Waals surface area contributed by atoms with E-state index in [2.05, 4.69) is 0 Å².